The van der Waals surface area contributed by atoms with E-state index in [2.05, 4.69) is 15.9 Å². The first-order chi connectivity index (χ1) is 8.60. The van der Waals surface area contributed by atoms with Gasteiger partial charge in [0.15, 0.2) is 0 Å². The Hall–Kier alpha value is -1.99. The molecule has 2 N–H and O–H groups in total. The zero-order valence-corrected chi connectivity index (χ0v) is 11.4. The SMILES string of the molecule is Cc1ccc(Br)cc1Oc1ccc(C#N)cc1N. The number of hydrogen-bond acceptors (Lipinski definition) is 3. The normalized spacial score (nSPS) is 9.83. The Morgan fingerprint density at radius 2 is 1.94 bits per heavy atom. The van der Waals surface area contributed by atoms with Crippen LogP contribution in [0.2, 0.25) is 0 Å². The van der Waals surface area contributed by atoms with E-state index in [0.717, 1.165) is 15.8 Å². The molecule has 0 bridgehead atoms. The highest BCUT2D eigenvalue weighted by molar-refractivity contribution is 9.10. The van der Waals surface area contributed by atoms with E-state index in [4.69, 9.17) is 15.7 Å². The first-order valence-electron chi connectivity index (χ1n) is 5.34. The van der Waals surface area contributed by atoms with Gasteiger partial charge < -0.3 is 10.5 Å². The number of nitrogens with two attached hydrogens (primary N) is 1. The minimum Gasteiger partial charge on any atom is -0.455 e. The molecule has 0 fully saturated rings. The molecular formula is C14H11BrN2O. The lowest BCUT2D eigenvalue weighted by molar-refractivity contribution is 0.481. The number of ether oxygens (including phenoxy) is 1. The number of aryl methyl sites for hydroxylation is 1. The number of halogens is 1. The third-order valence-corrected chi connectivity index (χ3v) is 3.00. The van der Waals surface area contributed by atoms with E-state index in [0.29, 0.717) is 17.0 Å². The molecule has 2 rings (SSSR count). The summed E-state index contributed by atoms with van der Waals surface area (Å²) >= 11 is 3.40. The Morgan fingerprint density at radius 1 is 1.17 bits per heavy atom. The Kier molecular flexibility index (Phi) is 3.54. The fourth-order valence-corrected chi connectivity index (χ4v) is 1.85. The van der Waals surface area contributed by atoms with Crippen LogP contribution in [0.3, 0.4) is 0 Å². The third-order valence-electron chi connectivity index (χ3n) is 2.51. The third kappa shape index (κ3) is 2.63. The van der Waals surface area contributed by atoms with E-state index in [9.17, 15) is 0 Å². The largest absolute Gasteiger partial charge is 0.455 e. The highest BCUT2D eigenvalue weighted by atomic mass is 79.9. The molecular weight excluding hydrogens is 292 g/mol. The van der Waals surface area contributed by atoms with Gasteiger partial charge in [0, 0.05) is 4.47 Å². The van der Waals surface area contributed by atoms with Crippen molar-refractivity contribution in [2.75, 3.05) is 5.73 Å². The van der Waals surface area contributed by atoms with Crippen LogP contribution < -0.4 is 10.5 Å². The first kappa shape index (κ1) is 12.5. The van der Waals surface area contributed by atoms with Gasteiger partial charge in [-0.05, 0) is 42.8 Å². The number of rotatable bonds is 2. The van der Waals surface area contributed by atoms with Gasteiger partial charge in [0.25, 0.3) is 0 Å². The number of nitrogen functional groups attached to an aromatic ring is 1. The molecule has 4 heteroatoms. The van der Waals surface area contributed by atoms with Crippen molar-refractivity contribution in [2.45, 2.75) is 6.92 Å². The van der Waals surface area contributed by atoms with Crippen molar-refractivity contribution in [1.82, 2.24) is 0 Å². The number of benzene rings is 2. The van der Waals surface area contributed by atoms with Crippen LogP contribution >= 0.6 is 15.9 Å². The molecule has 2 aromatic carbocycles. The van der Waals surface area contributed by atoms with Crippen molar-refractivity contribution in [3.63, 3.8) is 0 Å². The quantitative estimate of drug-likeness (QED) is 0.853. The summed E-state index contributed by atoms with van der Waals surface area (Å²) in [6.45, 7) is 1.96. The van der Waals surface area contributed by atoms with Crippen molar-refractivity contribution in [1.29, 1.82) is 5.26 Å². The van der Waals surface area contributed by atoms with Crippen molar-refractivity contribution in [3.05, 3.63) is 52.0 Å². The van der Waals surface area contributed by atoms with E-state index in [1.54, 1.807) is 18.2 Å². The van der Waals surface area contributed by atoms with Crippen LogP contribution in [0.1, 0.15) is 11.1 Å². The summed E-state index contributed by atoms with van der Waals surface area (Å²) in [6.07, 6.45) is 0. The van der Waals surface area contributed by atoms with Gasteiger partial charge in [-0.1, -0.05) is 22.0 Å². The summed E-state index contributed by atoms with van der Waals surface area (Å²) < 4.78 is 6.70. The average Bonchev–Trinajstić information content (AvgIpc) is 2.36. The van der Waals surface area contributed by atoms with Crippen LogP contribution in [0.4, 0.5) is 5.69 Å². The summed E-state index contributed by atoms with van der Waals surface area (Å²) in [6, 6.07) is 12.8. The lowest BCUT2D eigenvalue weighted by Crippen LogP contribution is -1.94. The molecule has 18 heavy (non-hydrogen) atoms. The Bertz CT molecular complexity index is 632. The number of hydrogen-bond donors (Lipinski definition) is 1. The van der Waals surface area contributed by atoms with Crippen molar-refractivity contribution < 1.29 is 4.74 Å². The summed E-state index contributed by atoms with van der Waals surface area (Å²) in [5, 5.41) is 8.77. The van der Waals surface area contributed by atoms with E-state index >= 15 is 0 Å². The lowest BCUT2D eigenvalue weighted by Gasteiger charge is -2.11. The van der Waals surface area contributed by atoms with Crippen molar-refractivity contribution in [2.24, 2.45) is 0 Å². The molecule has 0 aliphatic heterocycles. The maximum Gasteiger partial charge on any atom is 0.150 e. The molecule has 0 saturated carbocycles. The minimum atomic E-state index is 0.452. The van der Waals surface area contributed by atoms with Gasteiger partial charge in [-0.15, -0.1) is 0 Å². The summed E-state index contributed by atoms with van der Waals surface area (Å²) in [7, 11) is 0. The van der Waals surface area contributed by atoms with Gasteiger partial charge in [-0.2, -0.15) is 5.26 Å². The minimum absolute atomic E-state index is 0.452. The van der Waals surface area contributed by atoms with Gasteiger partial charge in [0.05, 0.1) is 17.3 Å². The van der Waals surface area contributed by atoms with Crippen LogP contribution in [0.25, 0.3) is 0 Å². The van der Waals surface area contributed by atoms with Gasteiger partial charge in [0.2, 0.25) is 0 Å². The lowest BCUT2D eigenvalue weighted by atomic mass is 10.2. The van der Waals surface area contributed by atoms with Gasteiger partial charge in [0.1, 0.15) is 11.5 Å². The molecule has 0 atom stereocenters. The molecule has 0 amide bonds. The van der Waals surface area contributed by atoms with E-state index < -0.39 is 0 Å². The van der Waals surface area contributed by atoms with Crippen LogP contribution in [0, 0.1) is 18.3 Å². The van der Waals surface area contributed by atoms with Gasteiger partial charge in [-0.3, -0.25) is 0 Å². The molecule has 0 aromatic heterocycles. The Balaban J connectivity index is 2.34. The van der Waals surface area contributed by atoms with Crippen molar-refractivity contribution >= 4 is 21.6 Å². The Morgan fingerprint density at radius 3 is 2.61 bits per heavy atom. The maximum atomic E-state index is 8.77. The van der Waals surface area contributed by atoms with E-state index in [1.165, 1.54) is 0 Å². The van der Waals surface area contributed by atoms with E-state index in [-0.39, 0.29) is 0 Å². The second kappa shape index (κ2) is 5.11. The smallest absolute Gasteiger partial charge is 0.150 e. The van der Waals surface area contributed by atoms with Crippen LogP contribution in [-0.4, -0.2) is 0 Å². The number of nitrogens with zero attached hydrogens (tertiary/aromatic N) is 1. The number of anilines is 1. The molecule has 2 aromatic rings. The van der Waals surface area contributed by atoms with E-state index in [1.807, 2.05) is 31.2 Å². The second-order valence-electron chi connectivity index (χ2n) is 3.88. The molecule has 0 unspecified atom stereocenters. The highest BCUT2D eigenvalue weighted by Gasteiger charge is 2.06. The molecule has 0 spiro atoms. The zero-order chi connectivity index (χ0) is 13.1. The standard InChI is InChI=1S/C14H11BrN2O/c1-9-2-4-11(15)7-14(9)18-13-5-3-10(8-16)6-12(13)17/h2-7H,17H2,1H3. The summed E-state index contributed by atoms with van der Waals surface area (Å²) in [5.41, 5.74) is 7.83. The fraction of sp³-hybridized carbons (Fsp3) is 0.0714. The van der Waals surface area contributed by atoms with Gasteiger partial charge >= 0.3 is 0 Å². The summed E-state index contributed by atoms with van der Waals surface area (Å²) in [4.78, 5) is 0. The molecule has 0 radical (unpaired) electrons. The van der Waals surface area contributed by atoms with Crippen molar-refractivity contribution in [3.8, 4) is 17.6 Å². The topological polar surface area (TPSA) is 59.0 Å². The first-order valence-corrected chi connectivity index (χ1v) is 6.13. The predicted molar refractivity (Wildman–Crippen MR) is 74.5 cm³/mol. The molecule has 3 nitrogen and oxygen atoms in total. The molecule has 0 heterocycles. The van der Waals surface area contributed by atoms with Crippen LogP contribution in [-0.2, 0) is 0 Å². The monoisotopic (exact) mass is 302 g/mol. The number of nitriles is 1. The molecule has 0 aliphatic carbocycles. The maximum absolute atomic E-state index is 8.77. The highest BCUT2D eigenvalue weighted by Crippen LogP contribution is 2.31. The molecule has 0 aliphatic rings. The van der Waals surface area contributed by atoms with Crippen LogP contribution in [0.15, 0.2) is 40.9 Å². The molecule has 0 saturated heterocycles. The van der Waals surface area contributed by atoms with Gasteiger partial charge in [-0.25, -0.2) is 0 Å². The molecule has 90 valence electrons. The predicted octanol–water partition coefficient (Wildman–Crippen LogP) is 4.00. The average molecular weight is 303 g/mol. The second-order valence-corrected chi connectivity index (χ2v) is 4.79. The summed E-state index contributed by atoms with van der Waals surface area (Å²) in [5.74, 6) is 1.29. The van der Waals surface area contributed by atoms with Crippen LogP contribution in [0.5, 0.6) is 11.5 Å². The Labute approximate surface area is 114 Å². The zero-order valence-electron chi connectivity index (χ0n) is 9.77. The fourth-order valence-electron chi connectivity index (χ4n) is 1.51.